The molecule has 0 bridgehead atoms. The van der Waals surface area contributed by atoms with Crippen LogP contribution in [0.3, 0.4) is 0 Å². The average Bonchev–Trinajstić information content (AvgIpc) is 3.19. The summed E-state index contributed by atoms with van der Waals surface area (Å²) < 4.78 is 47.3. The predicted molar refractivity (Wildman–Crippen MR) is 115 cm³/mol. The van der Waals surface area contributed by atoms with Gasteiger partial charge in [0.25, 0.3) is 17.5 Å². The van der Waals surface area contributed by atoms with Crippen molar-refractivity contribution in [2.24, 2.45) is 15.9 Å². The van der Waals surface area contributed by atoms with Gasteiger partial charge in [0.15, 0.2) is 0 Å². The van der Waals surface area contributed by atoms with Crippen LogP contribution in [0.5, 0.6) is 0 Å². The van der Waals surface area contributed by atoms with Crippen molar-refractivity contribution < 1.29 is 27.5 Å². The summed E-state index contributed by atoms with van der Waals surface area (Å²) in [5, 5.41) is 13.1. The summed E-state index contributed by atoms with van der Waals surface area (Å²) >= 11 is 11.8. The van der Waals surface area contributed by atoms with Crippen LogP contribution in [0.25, 0.3) is 0 Å². The van der Waals surface area contributed by atoms with Gasteiger partial charge in [0, 0.05) is 27.6 Å². The molecule has 0 saturated heterocycles. The van der Waals surface area contributed by atoms with Crippen LogP contribution in [0.1, 0.15) is 40.4 Å². The number of aliphatic imine (C=N–C) groups is 1. The number of hydrogen-bond acceptors (Lipinski definition) is 5. The number of amides is 1. The van der Waals surface area contributed by atoms with E-state index in [1.54, 1.807) is 6.92 Å². The van der Waals surface area contributed by atoms with Crippen molar-refractivity contribution in [3.63, 3.8) is 0 Å². The molecular weight excluding hydrogens is 484 g/mol. The standard InChI is InChI=1S/C21H15Cl2F3N4O3/c1-2-32-19(28)29-18(31)16-4-3-11(5-12(16)10-27)17-9-20(33-30-17,21(24,25)26)13-6-14(22)8-15(23)7-13/h3-8H,2,9H2,1H3,(H2,28,29,31). The monoisotopic (exact) mass is 498 g/mol. The van der Waals surface area contributed by atoms with Crippen molar-refractivity contribution in [1.29, 1.82) is 5.26 Å². The second-order valence-electron chi connectivity index (χ2n) is 6.85. The molecule has 0 saturated carbocycles. The molecule has 1 aliphatic heterocycles. The molecular formula is C21H15Cl2F3N4O3. The second-order valence-corrected chi connectivity index (χ2v) is 7.72. The fraction of sp³-hybridized carbons (Fsp3) is 0.238. The maximum Gasteiger partial charge on any atom is 0.435 e. The van der Waals surface area contributed by atoms with Gasteiger partial charge < -0.3 is 15.3 Å². The quantitative estimate of drug-likeness (QED) is 0.474. The number of nitrogens with zero attached hydrogens (tertiary/aromatic N) is 3. The third kappa shape index (κ3) is 4.89. The van der Waals surface area contributed by atoms with Crippen molar-refractivity contribution in [2.45, 2.75) is 25.1 Å². The summed E-state index contributed by atoms with van der Waals surface area (Å²) in [6.07, 6.45) is -5.58. The molecule has 1 heterocycles. The van der Waals surface area contributed by atoms with E-state index < -0.39 is 24.1 Å². The molecule has 2 aromatic carbocycles. The molecule has 0 aliphatic carbocycles. The van der Waals surface area contributed by atoms with Gasteiger partial charge in [-0.1, -0.05) is 34.4 Å². The molecule has 172 valence electrons. The van der Waals surface area contributed by atoms with E-state index in [1.165, 1.54) is 24.3 Å². The van der Waals surface area contributed by atoms with Gasteiger partial charge in [-0.05, 0) is 37.3 Å². The molecule has 0 aromatic heterocycles. The molecule has 1 aliphatic rings. The molecule has 2 aromatic rings. The number of ether oxygens (including phenoxy) is 1. The van der Waals surface area contributed by atoms with Crippen molar-refractivity contribution in [3.05, 3.63) is 68.7 Å². The van der Waals surface area contributed by atoms with Gasteiger partial charge in [-0.3, -0.25) is 4.79 Å². The molecule has 2 N–H and O–H groups in total. The Morgan fingerprint density at radius 2 is 1.97 bits per heavy atom. The van der Waals surface area contributed by atoms with Gasteiger partial charge in [0.2, 0.25) is 0 Å². The minimum atomic E-state index is -4.87. The summed E-state index contributed by atoms with van der Waals surface area (Å²) in [6.45, 7) is 1.83. The first-order chi connectivity index (χ1) is 15.5. The van der Waals surface area contributed by atoms with Gasteiger partial charge in [-0.15, -0.1) is 0 Å². The van der Waals surface area contributed by atoms with E-state index in [0.29, 0.717) is 0 Å². The Morgan fingerprint density at radius 1 is 1.30 bits per heavy atom. The molecule has 1 atom stereocenters. The van der Waals surface area contributed by atoms with E-state index >= 15 is 0 Å². The minimum absolute atomic E-state index is 0.000289. The highest BCUT2D eigenvalue weighted by atomic mass is 35.5. The summed E-state index contributed by atoms with van der Waals surface area (Å²) in [6, 6.07) is 8.73. The largest absolute Gasteiger partial charge is 0.465 e. The molecule has 7 nitrogen and oxygen atoms in total. The van der Waals surface area contributed by atoms with Gasteiger partial charge in [-0.25, -0.2) is 0 Å². The Balaban J connectivity index is 1.97. The van der Waals surface area contributed by atoms with Crippen molar-refractivity contribution in [1.82, 2.24) is 0 Å². The minimum Gasteiger partial charge on any atom is -0.465 e. The predicted octanol–water partition coefficient (Wildman–Crippen LogP) is 4.94. The maximum atomic E-state index is 14.1. The Hall–Kier alpha value is -3.29. The number of carbonyl (C=O) groups is 1. The number of hydrogen-bond donors (Lipinski definition) is 1. The fourth-order valence-corrected chi connectivity index (χ4v) is 3.71. The smallest absolute Gasteiger partial charge is 0.435 e. The lowest BCUT2D eigenvalue weighted by Gasteiger charge is -2.29. The number of amidine groups is 1. The van der Waals surface area contributed by atoms with Crippen molar-refractivity contribution in [2.75, 3.05) is 6.61 Å². The molecule has 0 radical (unpaired) electrons. The molecule has 0 fully saturated rings. The Bertz CT molecular complexity index is 1190. The lowest BCUT2D eigenvalue weighted by atomic mass is 9.86. The summed E-state index contributed by atoms with van der Waals surface area (Å²) in [5.41, 5.74) is 2.14. The third-order valence-corrected chi connectivity index (χ3v) is 5.16. The number of carbonyl (C=O) groups excluding carboxylic acids is 1. The van der Waals surface area contributed by atoms with E-state index in [1.807, 2.05) is 6.07 Å². The van der Waals surface area contributed by atoms with E-state index in [2.05, 4.69) is 10.1 Å². The highest BCUT2D eigenvalue weighted by Gasteiger charge is 2.62. The molecule has 1 amide bonds. The highest BCUT2D eigenvalue weighted by molar-refractivity contribution is 6.34. The number of rotatable bonds is 4. The third-order valence-electron chi connectivity index (χ3n) is 4.72. The topological polar surface area (TPSA) is 110 Å². The average molecular weight is 499 g/mol. The van der Waals surface area contributed by atoms with Crippen LogP contribution in [-0.2, 0) is 15.2 Å². The fourth-order valence-electron chi connectivity index (χ4n) is 3.19. The lowest BCUT2D eigenvalue weighted by Crippen LogP contribution is -2.42. The summed E-state index contributed by atoms with van der Waals surface area (Å²) in [7, 11) is 0. The first-order valence-electron chi connectivity index (χ1n) is 9.35. The Morgan fingerprint density at radius 3 is 2.55 bits per heavy atom. The zero-order valence-electron chi connectivity index (χ0n) is 16.9. The second kappa shape index (κ2) is 9.29. The van der Waals surface area contributed by atoms with Gasteiger partial charge in [-0.2, -0.15) is 23.4 Å². The van der Waals surface area contributed by atoms with Crippen LogP contribution in [0.4, 0.5) is 13.2 Å². The molecule has 1 unspecified atom stereocenters. The van der Waals surface area contributed by atoms with Crippen molar-refractivity contribution in [3.8, 4) is 6.07 Å². The van der Waals surface area contributed by atoms with E-state index in [-0.39, 0.29) is 50.6 Å². The van der Waals surface area contributed by atoms with E-state index in [9.17, 15) is 23.2 Å². The van der Waals surface area contributed by atoms with E-state index in [0.717, 1.165) is 12.1 Å². The zero-order valence-corrected chi connectivity index (χ0v) is 18.4. The number of benzene rings is 2. The van der Waals surface area contributed by atoms with Gasteiger partial charge >= 0.3 is 6.18 Å². The number of alkyl halides is 3. The Kier molecular flexibility index (Phi) is 6.86. The van der Waals surface area contributed by atoms with Gasteiger partial charge in [0.05, 0.1) is 29.5 Å². The normalized spacial score (nSPS) is 18.3. The number of halogens is 5. The number of nitriles is 1. The van der Waals surface area contributed by atoms with Crippen molar-refractivity contribution >= 4 is 40.8 Å². The zero-order chi connectivity index (χ0) is 24.4. The summed E-state index contributed by atoms with van der Waals surface area (Å²) in [5.74, 6) is -0.841. The SMILES string of the molecule is CCOC(N)=NC(=O)c1ccc(C2=NOC(c3cc(Cl)cc(Cl)c3)(C(F)(F)F)C2)cc1C#N. The lowest BCUT2D eigenvalue weighted by molar-refractivity contribution is -0.275. The first-order valence-corrected chi connectivity index (χ1v) is 10.1. The highest BCUT2D eigenvalue weighted by Crippen LogP contribution is 2.49. The number of nitrogens with two attached hydrogens (primary N) is 1. The van der Waals surface area contributed by atoms with Crippen LogP contribution in [-0.4, -0.2) is 30.4 Å². The van der Waals surface area contributed by atoms with Crippen LogP contribution in [0.2, 0.25) is 10.0 Å². The van der Waals surface area contributed by atoms with Gasteiger partial charge in [0.1, 0.15) is 0 Å². The Labute approximate surface area is 196 Å². The molecule has 33 heavy (non-hydrogen) atoms. The number of oxime groups is 1. The molecule has 0 spiro atoms. The summed E-state index contributed by atoms with van der Waals surface area (Å²) in [4.78, 5) is 20.8. The first kappa shape index (κ1) is 24.4. The van der Waals surface area contributed by atoms with Crippen LogP contribution in [0.15, 0.2) is 46.5 Å². The molecule has 12 heteroatoms. The van der Waals surface area contributed by atoms with Crippen LogP contribution >= 0.6 is 23.2 Å². The van der Waals surface area contributed by atoms with Crippen LogP contribution < -0.4 is 5.73 Å². The van der Waals surface area contributed by atoms with Crippen LogP contribution in [0, 0.1) is 11.3 Å². The molecule has 3 rings (SSSR count). The van der Waals surface area contributed by atoms with E-state index in [4.69, 9.17) is 38.5 Å². The maximum absolute atomic E-state index is 14.1.